The number of carbonyl (C=O) groups is 1. The van der Waals surface area contributed by atoms with Crippen molar-refractivity contribution >= 4 is 44.1 Å². The van der Waals surface area contributed by atoms with E-state index in [-0.39, 0.29) is 5.82 Å². The van der Waals surface area contributed by atoms with E-state index in [0.717, 1.165) is 0 Å². The molecule has 0 saturated heterocycles. The summed E-state index contributed by atoms with van der Waals surface area (Å²) < 4.78 is 13.8. The number of nitrogens with zero attached hydrogens (tertiary/aromatic N) is 1. The van der Waals surface area contributed by atoms with Gasteiger partial charge in [0, 0.05) is 10.0 Å². The summed E-state index contributed by atoms with van der Waals surface area (Å²) in [7, 11) is 0. The highest BCUT2D eigenvalue weighted by Gasteiger charge is 2.04. The summed E-state index contributed by atoms with van der Waals surface area (Å²) in [5.41, 5.74) is 7.45. The molecule has 15 heavy (non-hydrogen) atoms. The Morgan fingerprint density at radius 1 is 1.47 bits per heavy atom. The standard InChI is InChI=1S/C8H6Br2FN3O/c9-5-2-7(11)6(10)1-4(5)3-13-14-8(12)15/h1-3H,(H3,12,14,15). The van der Waals surface area contributed by atoms with Gasteiger partial charge in [-0.1, -0.05) is 15.9 Å². The first-order valence-corrected chi connectivity index (χ1v) is 5.32. The summed E-state index contributed by atoms with van der Waals surface area (Å²) in [5, 5.41) is 3.55. The molecule has 3 N–H and O–H groups in total. The average molecular weight is 339 g/mol. The van der Waals surface area contributed by atoms with Gasteiger partial charge in [-0.2, -0.15) is 5.10 Å². The highest BCUT2D eigenvalue weighted by atomic mass is 79.9. The van der Waals surface area contributed by atoms with Crippen LogP contribution in [0.5, 0.6) is 0 Å². The summed E-state index contributed by atoms with van der Waals surface area (Å²) >= 11 is 6.18. The van der Waals surface area contributed by atoms with Crippen LogP contribution < -0.4 is 11.2 Å². The van der Waals surface area contributed by atoms with Gasteiger partial charge in [0.05, 0.1) is 10.7 Å². The molecule has 1 aromatic carbocycles. The zero-order valence-electron chi connectivity index (χ0n) is 7.30. The van der Waals surface area contributed by atoms with Crippen LogP contribution in [0.3, 0.4) is 0 Å². The maximum Gasteiger partial charge on any atom is 0.332 e. The van der Waals surface area contributed by atoms with E-state index < -0.39 is 6.03 Å². The van der Waals surface area contributed by atoms with Crippen molar-refractivity contribution in [1.82, 2.24) is 5.43 Å². The third kappa shape index (κ3) is 3.60. The minimum absolute atomic E-state index is 0.311. The van der Waals surface area contributed by atoms with E-state index in [1.165, 1.54) is 18.3 Å². The molecule has 0 aliphatic heterocycles. The van der Waals surface area contributed by atoms with Crippen molar-refractivity contribution in [3.05, 3.63) is 32.5 Å². The lowest BCUT2D eigenvalue weighted by molar-refractivity contribution is 0.249. The SMILES string of the molecule is NC(=O)NN=Cc1cc(Br)c(F)cc1Br. The van der Waals surface area contributed by atoms with Crippen molar-refractivity contribution in [3.63, 3.8) is 0 Å². The van der Waals surface area contributed by atoms with Gasteiger partial charge < -0.3 is 5.73 Å². The number of amides is 2. The lowest BCUT2D eigenvalue weighted by Gasteiger charge is -2.00. The predicted octanol–water partition coefficient (Wildman–Crippen LogP) is 2.35. The average Bonchev–Trinajstić information content (AvgIpc) is 2.13. The molecule has 1 aromatic rings. The first-order valence-electron chi connectivity index (χ1n) is 3.73. The zero-order valence-corrected chi connectivity index (χ0v) is 10.5. The van der Waals surface area contributed by atoms with Gasteiger partial charge >= 0.3 is 6.03 Å². The number of hydrazone groups is 1. The normalized spacial score (nSPS) is 10.6. The Morgan fingerprint density at radius 2 is 2.13 bits per heavy atom. The Balaban J connectivity index is 2.90. The van der Waals surface area contributed by atoms with Crippen LogP contribution in [0, 0.1) is 5.82 Å². The third-order valence-electron chi connectivity index (χ3n) is 1.42. The van der Waals surface area contributed by atoms with Crippen LogP contribution in [0.15, 0.2) is 26.2 Å². The molecule has 0 aliphatic carbocycles. The van der Waals surface area contributed by atoms with E-state index in [1.54, 1.807) is 0 Å². The van der Waals surface area contributed by atoms with Crippen molar-refractivity contribution in [2.45, 2.75) is 0 Å². The predicted molar refractivity (Wildman–Crippen MR) is 62.1 cm³/mol. The fourth-order valence-corrected chi connectivity index (χ4v) is 1.58. The van der Waals surface area contributed by atoms with Gasteiger partial charge in [0.1, 0.15) is 5.82 Å². The number of nitrogens with one attached hydrogen (secondary N) is 1. The number of carbonyl (C=O) groups excluding carboxylic acids is 1. The van der Waals surface area contributed by atoms with Gasteiger partial charge in [-0.05, 0) is 28.1 Å². The van der Waals surface area contributed by atoms with E-state index in [4.69, 9.17) is 5.73 Å². The highest BCUT2D eigenvalue weighted by Crippen LogP contribution is 2.23. The fourth-order valence-electron chi connectivity index (χ4n) is 0.802. The van der Waals surface area contributed by atoms with E-state index in [9.17, 15) is 9.18 Å². The topological polar surface area (TPSA) is 67.5 Å². The third-order valence-corrected chi connectivity index (χ3v) is 2.71. The van der Waals surface area contributed by atoms with E-state index in [1.807, 2.05) is 5.43 Å². The molecule has 1 rings (SSSR count). The van der Waals surface area contributed by atoms with Crippen LogP contribution in [0.25, 0.3) is 0 Å². The van der Waals surface area contributed by atoms with Crippen LogP contribution in [0.2, 0.25) is 0 Å². The van der Waals surface area contributed by atoms with E-state index in [0.29, 0.717) is 14.5 Å². The molecule has 0 bridgehead atoms. The van der Waals surface area contributed by atoms with Crippen LogP contribution in [0.4, 0.5) is 9.18 Å². The molecule has 0 unspecified atom stereocenters. The smallest absolute Gasteiger partial charge is 0.332 e. The lowest BCUT2D eigenvalue weighted by Crippen LogP contribution is -2.24. The minimum Gasteiger partial charge on any atom is -0.350 e. The second kappa shape index (κ2) is 5.22. The first kappa shape index (κ1) is 12.1. The van der Waals surface area contributed by atoms with Gasteiger partial charge in [0.15, 0.2) is 0 Å². The molecule has 0 radical (unpaired) electrons. The summed E-state index contributed by atoms with van der Waals surface area (Å²) in [6.07, 6.45) is 1.35. The molecular weight excluding hydrogens is 333 g/mol. The Morgan fingerprint density at radius 3 is 2.73 bits per heavy atom. The molecule has 0 fully saturated rings. The molecule has 0 aliphatic rings. The second-order valence-electron chi connectivity index (χ2n) is 2.52. The number of hydrogen-bond acceptors (Lipinski definition) is 2. The van der Waals surface area contributed by atoms with Crippen LogP contribution in [-0.4, -0.2) is 12.2 Å². The van der Waals surface area contributed by atoms with Crippen molar-refractivity contribution in [3.8, 4) is 0 Å². The maximum atomic E-state index is 13.0. The molecule has 80 valence electrons. The van der Waals surface area contributed by atoms with Crippen LogP contribution in [-0.2, 0) is 0 Å². The van der Waals surface area contributed by atoms with E-state index >= 15 is 0 Å². The Labute approximate surface area is 102 Å². The molecule has 4 nitrogen and oxygen atoms in total. The van der Waals surface area contributed by atoms with Crippen molar-refractivity contribution in [2.24, 2.45) is 10.8 Å². The van der Waals surface area contributed by atoms with Crippen LogP contribution in [0.1, 0.15) is 5.56 Å². The highest BCUT2D eigenvalue weighted by molar-refractivity contribution is 9.11. The van der Waals surface area contributed by atoms with Gasteiger partial charge in [-0.25, -0.2) is 14.6 Å². The maximum absolute atomic E-state index is 13.0. The molecule has 0 heterocycles. The molecule has 0 saturated carbocycles. The van der Waals surface area contributed by atoms with Gasteiger partial charge in [0.2, 0.25) is 0 Å². The van der Waals surface area contributed by atoms with Gasteiger partial charge in [-0.3, -0.25) is 0 Å². The number of primary amides is 1. The molecular formula is C8H6Br2FN3O. The Bertz CT molecular complexity index is 423. The number of hydrogen-bond donors (Lipinski definition) is 2. The van der Waals surface area contributed by atoms with Gasteiger partial charge in [0.25, 0.3) is 0 Å². The number of benzene rings is 1. The number of nitrogens with two attached hydrogens (primary N) is 1. The molecule has 0 atom stereocenters. The van der Waals surface area contributed by atoms with Gasteiger partial charge in [-0.15, -0.1) is 0 Å². The quantitative estimate of drug-likeness (QED) is 0.485. The summed E-state index contributed by atoms with van der Waals surface area (Å²) in [6.45, 7) is 0. The number of halogens is 3. The fraction of sp³-hybridized carbons (Fsp3) is 0. The molecule has 2 amide bonds. The first-order chi connectivity index (χ1) is 7.00. The number of urea groups is 1. The summed E-state index contributed by atoms with van der Waals surface area (Å²) in [4.78, 5) is 10.3. The number of rotatable bonds is 2. The Kier molecular flexibility index (Phi) is 4.22. The van der Waals surface area contributed by atoms with E-state index in [2.05, 4.69) is 37.0 Å². The van der Waals surface area contributed by atoms with Crippen LogP contribution >= 0.6 is 31.9 Å². The van der Waals surface area contributed by atoms with Crippen molar-refractivity contribution < 1.29 is 9.18 Å². The molecule has 0 spiro atoms. The second-order valence-corrected chi connectivity index (χ2v) is 4.23. The molecule has 7 heteroatoms. The monoisotopic (exact) mass is 337 g/mol. The zero-order chi connectivity index (χ0) is 11.4. The Hall–Kier alpha value is -0.950. The summed E-state index contributed by atoms with van der Waals surface area (Å²) in [5.74, 6) is -0.387. The largest absolute Gasteiger partial charge is 0.350 e. The lowest BCUT2D eigenvalue weighted by atomic mass is 10.2. The minimum atomic E-state index is -0.761. The molecule has 0 aromatic heterocycles. The van der Waals surface area contributed by atoms with Crippen molar-refractivity contribution in [2.75, 3.05) is 0 Å². The summed E-state index contributed by atoms with van der Waals surface area (Å²) in [6, 6.07) is 2.05. The van der Waals surface area contributed by atoms with Crippen molar-refractivity contribution in [1.29, 1.82) is 0 Å².